The Balaban J connectivity index is 2.65. The van der Waals surface area contributed by atoms with Gasteiger partial charge in [-0.2, -0.15) is 10.4 Å². The van der Waals surface area contributed by atoms with Gasteiger partial charge in [-0.05, 0) is 29.9 Å². The molecule has 0 heterocycles. The molecule has 0 bridgehead atoms. The summed E-state index contributed by atoms with van der Waals surface area (Å²) in [4.78, 5) is 1.86. The quantitative estimate of drug-likeness (QED) is 0.356. The minimum Gasteiger partial charge on any atom is -0.375 e. The summed E-state index contributed by atoms with van der Waals surface area (Å²) in [6.07, 6.45) is 1.62. The Morgan fingerprint density at radius 3 is 2.76 bits per heavy atom. The second-order valence-electron chi connectivity index (χ2n) is 3.34. The second-order valence-corrected chi connectivity index (χ2v) is 3.78. The van der Waals surface area contributed by atoms with Crippen molar-refractivity contribution in [1.82, 2.24) is 5.43 Å². The van der Waals surface area contributed by atoms with E-state index in [1.807, 2.05) is 36.2 Å². The fourth-order valence-corrected chi connectivity index (χ4v) is 1.24. The number of nitrogens with one attached hydrogen (secondary N) is 1. The van der Waals surface area contributed by atoms with Crippen molar-refractivity contribution in [3.63, 3.8) is 0 Å². The van der Waals surface area contributed by atoms with E-state index in [2.05, 4.69) is 28.8 Å². The Kier molecular flexibility index (Phi) is 4.91. The number of nitriles is 1. The van der Waals surface area contributed by atoms with Crippen LogP contribution >= 0.6 is 12.2 Å². The molecule has 1 rings (SSSR count). The minimum atomic E-state index is 0.131. The number of thiocarbonyl (C=S) groups is 1. The van der Waals surface area contributed by atoms with E-state index in [0.717, 1.165) is 11.3 Å². The molecule has 0 aromatic heterocycles. The van der Waals surface area contributed by atoms with E-state index >= 15 is 0 Å². The molecule has 0 amide bonds. The molecular formula is C11H13N5S. The summed E-state index contributed by atoms with van der Waals surface area (Å²) in [6, 6.07) is 9.71. The van der Waals surface area contributed by atoms with Gasteiger partial charge in [0.15, 0.2) is 5.11 Å². The van der Waals surface area contributed by atoms with Crippen molar-refractivity contribution < 1.29 is 0 Å². The van der Waals surface area contributed by atoms with Gasteiger partial charge in [0.1, 0.15) is 6.54 Å². The zero-order valence-corrected chi connectivity index (χ0v) is 10.2. The maximum atomic E-state index is 8.58. The molecule has 1 aromatic rings. The Hall–Kier alpha value is -2.13. The maximum absolute atomic E-state index is 8.58. The van der Waals surface area contributed by atoms with Crippen LogP contribution in [0.2, 0.25) is 0 Å². The van der Waals surface area contributed by atoms with E-state index in [1.165, 1.54) is 0 Å². The van der Waals surface area contributed by atoms with Gasteiger partial charge in [0.05, 0.1) is 12.3 Å². The maximum Gasteiger partial charge on any atom is 0.184 e. The van der Waals surface area contributed by atoms with Gasteiger partial charge in [0, 0.05) is 12.7 Å². The summed E-state index contributed by atoms with van der Waals surface area (Å²) in [6.45, 7) is 0.358. The first-order chi connectivity index (χ1) is 8.13. The van der Waals surface area contributed by atoms with Gasteiger partial charge in [0.25, 0.3) is 0 Å². The van der Waals surface area contributed by atoms with Gasteiger partial charge >= 0.3 is 0 Å². The molecule has 3 N–H and O–H groups in total. The molecule has 6 heteroatoms. The normalized spacial score (nSPS) is 9.88. The summed E-state index contributed by atoms with van der Waals surface area (Å²) in [5.41, 5.74) is 9.60. The number of hydrazone groups is 1. The highest BCUT2D eigenvalue weighted by molar-refractivity contribution is 7.80. The summed E-state index contributed by atoms with van der Waals surface area (Å²) in [5.74, 6) is 0. The predicted octanol–water partition coefficient (Wildman–Crippen LogP) is 0.813. The van der Waals surface area contributed by atoms with Crippen molar-refractivity contribution in [2.24, 2.45) is 10.8 Å². The Bertz CT molecular complexity index is 446. The molecule has 0 aliphatic carbocycles. The van der Waals surface area contributed by atoms with E-state index in [9.17, 15) is 0 Å². The topological polar surface area (TPSA) is 77.4 Å². The molecule has 0 fully saturated rings. The number of hydrogen-bond donors (Lipinski definition) is 2. The smallest absolute Gasteiger partial charge is 0.184 e. The lowest BCUT2D eigenvalue weighted by atomic mass is 10.2. The van der Waals surface area contributed by atoms with Crippen LogP contribution in [0.4, 0.5) is 5.69 Å². The average Bonchev–Trinajstić information content (AvgIpc) is 2.30. The highest BCUT2D eigenvalue weighted by atomic mass is 32.1. The molecule has 0 unspecified atom stereocenters. The molecular weight excluding hydrogens is 234 g/mol. The van der Waals surface area contributed by atoms with Crippen molar-refractivity contribution in [2.45, 2.75) is 0 Å². The molecule has 1 aromatic carbocycles. The third-order valence-corrected chi connectivity index (χ3v) is 2.12. The summed E-state index contributed by atoms with van der Waals surface area (Å²) in [7, 11) is 1.86. The average molecular weight is 247 g/mol. The van der Waals surface area contributed by atoms with Crippen LogP contribution in [0.3, 0.4) is 0 Å². The van der Waals surface area contributed by atoms with E-state index in [0.29, 0.717) is 6.54 Å². The van der Waals surface area contributed by atoms with Gasteiger partial charge in [-0.25, -0.2) is 0 Å². The van der Waals surface area contributed by atoms with E-state index in [4.69, 9.17) is 11.0 Å². The van der Waals surface area contributed by atoms with Crippen LogP contribution in [-0.4, -0.2) is 24.9 Å². The third kappa shape index (κ3) is 4.49. The van der Waals surface area contributed by atoms with Crippen LogP contribution in [0, 0.1) is 11.3 Å². The first-order valence-corrected chi connectivity index (χ1v) is 5.31. The van der Waals surface area contributed by atoms with Crippen LogP contribution in [0.25, 0.3) is 0 Å². The van der Waals surface area contributed by atoms with Gasteiger partial charge in [-0.3, -0.25) is 5.43 Å². The van der Waals surface area contributed by atoms with E-state index in [-0.39, 0.29) is 5.11 Å². The fourth-order valence-electron chi connectivity index (χ4n) is 1.18. The summed E-state index contributed by atoms with van der Waals surface area (Å²) in [5, 5.41) is 12.6. The van der Waals surface area contributed by atoms with Gasteiger partial charge < -0.3 is 10.6 Å². The van der Waals surface area contributed by atoms with E-state index < -0.39 is 0 Å². The van der Waals surface area contributed by atoms with Gasteiger partial charge in [-0.15, -0.1) is 0 Å². The second kappa shape index (κ2) is 6.45. The lowest BCUT2D eigenvalue weighted by Gasteiger charge is -2.14. The molecule has 0 spiro atoms. The molecule has 5 nitrogen and oxygen atoms in total. The molecule has 0 saturated heterocycles. The minimum absolute atomic E-state index is 0.131. The highest BCUT2D eigenvalue weighted by Crippen LogP contribution is 2.12. The number of benzene rings is 1. The van der Waals surface area contributed by atoms with Crippen LogP contribution in [0.15, 0.2) is 29.4 Å². The zero-order chi connectivity index (χ0) is 12.7. The molecule has 0 saturated carbocycles. The standard InChI is InChI=1S/C11H13N5S/c1-16(7-6-12)10-4-2-9(3-5-10)8-14-15-11(13)17/h2-5,8H,7H2,1H3,(H3,13,15,17)/b14-8-. The Labute approximate surface area is 106 Å². The Morgan fingerprint density at radius 1 is 1.59 bits per heavy atom. The number of nitrogens with two attached hydrogens (primary N) is 1. The van der Waals surface area contributed by atoms with Gasteiger partial charge in [-0.1, -0.05) is 12.1 Å². The highest BCUT2D eigenvalue weighted by Gasteiger charge is 1.98. The molecule has 0 aliphatic rings. The predicted molar refractivity (Wildman–Crippen MR) is 72.8 cm³/mol. The van der Waals surface area contributed by atoms with E-state index in [1.54, 1.807) is 6.21 Å². The first-order valence-electron chi connectivity index (χ1n) is 4.90. The third-order valence-electron chi connectivity index (χ3n) is 2.03. The SMILES string of the molecule is CN(CC#N)c1ccc(/C=N\NC(N)=S)cc1. The van der Waals surface area contributed by atoms with Crippen LogP contribution in [-0.2, 0) is 0 Å². The number of anilines is 1. The molecule has 0 atom stereocenters. The number of rotatable bonds is 4. The summed E-state index contributed by atoms with van der Waals surface area (Å²) >= 11 is 4.61. The number of hydrogen-bond acceptors (Lipinski definition) is 4. The van der Waals surface area contributed by atoms with Crippen LogP contribution in [0.5, 0.6) is 0 Å². The van der Waals surface area contributed by atoms with Crippen LogP contribution < -0.4 is 16.1 Å². The van der Waals surface area contributed by atoms with Crippen LogP contribution in [0.1, 0.15) is 5.56 Å². The van der Waals surface area contributed by atoms with Crippen molar-refractivity contribution in [1.29, 1.82) is 5.26 Å². The molecule has 0 aliphatic heterocycles. The Morgan fingerprint density at radius 2 is 2.24 bits per heavy atom. The lowest BCUT2D eigenvalue weighted by molar-refractivity contribution is 1.03. The first kappa shape index (κ1) is 12.9. The fraction of sp³-hybridized carbons (Fsp3) is 0.182. The number of nitrogens with zero attached hydrogens (tertiary/aromatic N) is 3. The lowest BCUT2D eigenvalue weighted by Crippen LogP contribution is -2.24. The molecule has 88 valence electrons. The largest absolute Gasteiger partial charge is 0.375 e. The molecule has 17 heavy (non-hydrogen) atoms. The van der Waals surface area contributed by atoms with Crippen molar-refractivity contribution in [2.75, 3.05) is 18.5 Å². The monoisotopic (exact) mass is 247 g/mol. The van der Waals surface area contributed by atoms with Crippen molar-refractivity contribution in [3.05, 3.63) is 29.8 Å². The van der Waals surface area contributed by atoms with Gasteiger partial charge in [0.2, 0.25) is 0 Å². The zero-order valence-electron chi connectivity index (χ0n) is 9.42. The molecule has 0 radical (unpaired) electrons. The van der Waals surface area contributed by atoms with Crippen molar-refractivity contribution >= 4 is 29.2 Å². The van der Waals surface area contributed by atoms with Crippen molar-refractivity contribution in [3.8, 4) is 6.07 Å². The summed E-state index contributed by atoms with van der Waals surface area (Å²) < 4.78 is 0.